The number of aromatic nitrogens is 2. The number of nitrogens with one attached hydrogen (secondary N) is 1. The van der Waals surface area contributed by atoms with Crippen LogP contribution in [0.15, 0.2) is 30.5 Å². The molecule has 0 aliphatic rings. The lowest BCUT2D eigenvalue weighted by Gasteiger charge is -2.05. The Balaban J connectivity index is 2.05. The molecule has 1 aromatic carbocycles. The van der Waals surface area contributed by atoms with E-state index in [-0.39, 0.29) is 23.7 Å². The highest BCUT2D eigenvalue weighted by molar-refractivity contribution is 5.90. The van der Waals surface area contributed by atoms with Crippen molar-refractivity contribution in [2.45, 2.75) is 13.5 Å². The first-order chi connectivity index (χ1) is 9.45. The van der Waals surface area contributed by atoms with Gasteiger partial charge in [-0.05, 0) is 19.1 Å². The maximum atomic E-state index is 11.8. The van der Waals surface area contributed by atoms with Gasteiger partial charge in [0.1, 0.15) is 24.2 Å². The molecule has 0 bridgehead atoms. The van der Waals surface area contributed by atoms with Gasteiger partial charge < -0.3 is 10.4 Å². The Hall–Kier alpha value is -2.90. The van der Waals surface area contributed by atoms with Crippen molar-refractivity contribution < 1.29 is 14.8 Å². The molecule has 2 aromatic rings. The van der Waals surface area contributed by atoms with E-state index < -0.39 is 10.8 Å². The lowest BCUT2D eigenvalue weighted by Crippen LogP contribution is -2.19. The molecule has 0 unspecified atom stereocenters. The van der Waals surface area contributed by atoms with Gasteiger partial charge >= 0.3 is 5.69 Å². The number of anilines is 1. The summed E-state index contributed by atoms with van der Waals surface area (Å²) in [6.07, 6.45) is 1.21. The van der Waals surface area contributed by atoms with Crippen molar-refractivity contribution >= 4 is 17.3 Å². The van der Waals surface area contributed by atoms with Gasteiger partial charge in [-0.3, -0.25) is 19.6 Å². The number of hydrogen-bond donors (Lipinski definition) is 2. The highest BCUT2D eigenvalue weighted by atomic mass is 16.6. The van der Waals surface area contributed by atoms with Crippen molar-refractivity contribution in [3.05, 3.63) is 46.3 Å². The van der Waals surface area contributed by atoms with Gasteiger partial charge in [-0.15, -0.1) is 0 Å². The number of nitrogens with zero attached hydrogens (tertiary/aromatic N) is 3. The van der Waals surface area contributed by atoms with Crippen LogP contribution in [-0.4, -0.2) is 25.7 Å². The average Bonchev–Trinajstić information content (AvgIpc) is 2.70. The third-order valence-corrected chi connectivity index (χ3v) is 2.55. The van der Waals surface area contributed by atoms with Crippen LogP contribution in [0.5, 0.6) is 5.75 Å². The monoisotopic (exact) mass is 276 g/mol. The number of aromatic hydroxyl groups is 1. The summed E-state index contributed by atoms with van der Waals surface area (Å²) in [5, 5.41) is 26.4. The number of benzene rings is 1. The van der Waals surface area contributed by atoms with Gasteiger partial charge in [0.15, 0.2) is 0 Å². The molecule has 8 heteroatoms. The minimum absolute atomic E-state index is 0.0355. The zero-order valence-corrected chi connectivity index (χ0v) is 10.6. The zero-order chi connectivity index (χ0) is 14.7. The molecular weight excluding hydrogens is 264 g/mol. The smallest absolute Gasteiger partial charge is 0.309 e. The van der Waals surface area contributed by atoms with Crippen molar-refractivity contribution in [1.82, 2.24) is 9.78 Å². The molecule has 0 fully saturated rings. The second kappa shape index (κ2) is 5.39. The fourth-order valence-electron chi connectivity index (χ4n) is 1.70. The van der Waals surface area contributed by atoms with Gasteiger partial charge in [0, 0.05) is 11.8 Å². The van der Waals surface area contributed by atoms with Crippen LogP contribution in [0.2, 0.25) is 0 Å². The number of phenolic OH excluding ortho intramolecular Hbond substituents is 1. The molecule has 2 N–H and O–H groups in total. The third-order valence-electron chi connectivity index (χ3n) is 2.55. The van der Waals surface area contributed by atoms with Crippen LogP contribution in [0.25, 0.3) is 0 Å². The van der Waals surface area contributed by atoms with Crippen molar-refractivity contribution in [3.8, 4) is 5.75 Å². The number of phenols is 1. The average molecular weight is 276 g/mol. The van der Waals surface area contributed by atoms with Crippen LogP contribution in [-0.2, 0) is 11.3 Å². The summed E-state index contributed by atoms with van der Waals surface area (Å²) < 4.78 is 1.20. The Kier molecular flexibility index (Phi) is 3.65. The molecule has 8 nitrogen and oxygen atoms in total. The summed E-state index contributed by atoms with van der Waals surface area (Å²) >= 11 is 0. The van der Waals surface area contributed by atoms with E-state index in [1.807, 2.05) is 0 Å². The fourth-order valence-corrected chi connectivity index (χ4v) is 1.70. The van der Waals surface area contributed by atoms with E-state index >= 15 is 0 Å². The van der Waals surface area contributed by atoms with Gasteiger partial charge in [0.05, 0.1) is 4.92 Å². The molecule has 0 saturated carbocycles. The van der Waals surface area contributed by atoms with Gasteiger partial charge in [-0.1, -0.05) is 6.07 Å². The first-order valence-electron chi connectivity index (χ1n) is 5.73. The topological polar surface area (TPSA) is 110 Å². The second-order valence-electron chi connectivity index (χ2n) is 4.15. The van der Waals surface area contributed by atoms with Gasteiger partial charge in [-0.25, -0.2) is 0 Å². The molecule has 0 spiro atoms. The Morgan fingerprint density at radius 1 is 1.55 bits per heavy atom. The Morgan fingerprint density at radius 3 is 2.90 bits per heavy atom. The first-order valence-corrected chi connectivity index (χ1v) is 5.73. The molecule has 0 radical (unpaired) electrons. The molecule has 1 amide bonds. The summed E-state index contributed by atoms with van der Waals surface area (Å²) in [6.45, 7) is 1.35. The standard InChI is InChI=1S/C12H12N4O4/c1-8-11(16(19)20)6-15(14-8)7-12(18)13-9-3-2-4-10(17)5-9/h2-6,17H,7H2,1H3,(H,13,18). The predicted octanol–water partition coefficient (Wildman–Crippen LogP) is 1.44. The fraction of sp³-hybridized carbons (Fsp3) is 0.167. The summed E-state index contributed by atoms with van der Waals surface area (Å²) in [6, 6.07) is 6.09. The number of aryl methyl sites for hydroxylation is 1. The Morgan fingerprint density at radius 2 is 2.30 bits per heavy atom. The van der Waals surface area contributed by atoms with Crippen LogP contribution in [0.3, 0.4) is 0 Å². The van der Waals surface area contributed by atoms with Crippen molar-refractivity contribution in [2.75, 3.05) is 5.32 Å². The van der Waals surface area contributed by atoms with Crippen molar-refractivity contribution in [3.63, 3.8) is 0 Å². The molecule has 0 aliphatic heterocycles. The van der Waals surface area contributed by atoms with Crippen molar-refractivity contribution in [1.29, 1.82) is 0 Å². The molecule has 104 valence electrons. The van der Waals surface area contributed by atoms with Crippen molar-refractivity contribution in [2.24, 2.45) is 0 Å². The van der Waals surface area contributed by atoms with Crippen LogP contribution in [0.4, 0.5) is 11.4 Å². The van der Waals surface area contributed by atoms with E-state index in [0.29, 0.717) is 5.69 Å². The highest BCUT2D eigenvalue weighted by Crippen LogP contribution is 2.16. The number of rotatable bonds is 4. The highest BCUT2D eigenvalue weighted by Gasteiger charge is 2.16. The zero-order valence-electron chi connectivity index (χ0n) is 10.6. The van der Waals surface area contributed by atoms with E-state index in [4.69, 9.17) is 0 Å². The summed E-state index contributed by atoms with van der Waals surface area (Å²) in [5.74, 6) is -0.360. The molecule has 0 saturated heterocycles. The molecule has 20 heavy (non-hydrogen) atoms. The quantitative estimate of drug-likeness (QED) is 0.648. The molecule has 1 heterocycles. The number of nitro groups is 1. The maximum absolute atomic E-state index is 11.8. The molecule has 1 aromatic heterocycles. The SMILES string of the molecule is Cc1nn(CC(=O)Nc2cccc(O)c2)cc1[N+](=O)[O-]. The van der Waals surface area contributed by atoms with E-state index in [1.54, 1.807) is 12.1 Å². The molecule has 0 atom stereocenters. The molecule has 0 aliphatic carbocycles. The lowest BCUT2D eigenvalue weighted by atomic mass is 10.3. The van der Waals surface area contributed by atoms with E-state index in [0.717, 1.165) is 0 Å². The predicted molar refractivity (Wildman–Crippen MR) is 70.4 cm³/mol. The van der Waals surface area contributed by atoms with E-state index in [2.05, 4.69) is 10.4 Å². The number of carbonyl (C=O) groups is 1. The number of amides is 1. The normalized spacial score (nSPS) is 10.2. The second-order valence-corrected chi connectivity index (χ2v) is 4.15. The molecular formula is C12H12N4O4. The number of hydrogen-bond acceptors (Lipinski definition) is 5. The van der Waals surface area contributed by atoms with Gasteiger partial charge in [-0.2, -0.15) is 5.10 Å². The first kappa shape index (κ1) is 13.5. The summed E-state index contributed by atoms with van der Waals surface area (Å²) in [5.41, 5.74) is 0.559. The van der Waals surface area contributed by atoms with Gasteiger partial charge in [0.25, 0.3) is 0 Å². The minimum Gasteiger partial charge on any atom is -0.508 e. The van der Waals surface area contributed by atoms with E-state index in [9.17, 15) is 20.0 Å². The third kappa shape index (κ3) is 3.10. The van der Waals surface area contributed by atoms with Crippen LogP contribution in [0.1, 0.15) is 5.69 Å². The Labute approximate surface area is 113 Å². The van der Waals surface area contributed by atoms with E-state index in [1.165, 1.54) is 29.9 Å². The van der Waals surface area contributed by atoms with Crippen LogP contribution in [0, 0.1) is 17.0 Å². The minimum atomic E-state index is -0.550. The summed E-state index contributed by atoms with van der Waals surface area (Å²) in [4.78, 5) is 21.9. The Bertz CT molecular complexity index is 665. The molecule has 2 rings (SSSR count). The largest absolute Gasteiger partial charge is 0.508 e. The maximum Gasteiger partial charge on any atom is 0.309 e. The van der Waals surface area contributed by atoms with Crippen LogP contribution >= 0.6 is 0 Å². The van der Waals surface area contributed by atoms with Gasteiger partial charge in [0.2, 0.25) is 5.91 Å². The number of carbonyl (C=O) groups excluding carboxylic acids is 1. The lowest BCUT2D eigenvalue weighted by molar-refractivity contribution is -0.385. The van der Waals surface area contributed by atoms with Crippen LogP contribution < -0.4 is 5.32 Å². The summed E-state index contributed by atoms with van der Waals surface area (Å²) in [7, 11) is 0.